The molecular weight excluding hydrogens is 254 g/mol. The molecule has 0 aliphatic rings. The molecule has 1 N–H and O–H groups in total. The maximum atomic E-state index is 10.6. The maximum absolute atomic E-state index is 10.6. The molecule has 1 unspecified atom stereocenters. The van der Waals surface area contributed by atoms with Crippen molar-refractivity contribution < 1.29 is 4.92 Å². The van der Waals surface area contributed by atoms with Crippen LogP contribution in [0.25, 0.3) is 0 Å². The molecule has 0 fully saturated rings. The number of likely N-dealkylation sites (N-methyl/N-ethyl adjacent to an activating group) is 1. The Balaban J connectivity index is 3.07. The van der Waals surface area contributed by atoms with E-state index in [-0.39, 0.29) is 5.92 Å². The van der Waals surface area contributed by atoms with E-state index >= 15 is 0 Å². The minimum Gasteiger partial charge on any atom is -0.386 e. The van der Waals surface area contributed by atoms with Crippen molar-refractivity contribution in [2.45, 2.75) is 25.7 Å². The topological polar surface area (TPSA) is 68.1 Å². The fourth-order valence-electron chi connectivity index (χ4n) is 1.83. The number of hydrogen-bond acceptors (Lipinski definition) is 4. The van der Waals surface area contributed by atoms with E-state index in [1.807, 2.05) is 13.0 Å². The highest BCUT2D eigenvalue weighted by Gasteiger charge is 2.18. The SMILES string of the molecule is CCCC(/C(=C/[N+](=O)[O-])NC)c1ccc(Cl)nc1. The fraction of sp³-hybridized carbons (Fsp3) is 0.417. The highest BCUT2D eigenvalue weighted by Crippen LogP contribution is 2.27. The standard InChI is InChI=1S/C12H16ClN3O2/c1-3-4-10(11(14-2)8-16(17)18)9-5-6-12(13)15-7-9/h5-8,10,14H,3-4H2,1-2H3/b11-8-. The van der Waals surface area contributed by atoms with Gasteiger partial charge in [-0.25, -0.2) is 4.98 Å². The molecule has 1 rings (SSSR count). The van der Waals surface area contributed by atoms with Crippen LogP contribution in [0.4, 0.5) is 0 Å². The Morgan fingerprint density at radius 1 is 1.67 bits per heavy atom. The van der Waals surface area contributed by atoms with Gasteiger partial charge >= 0.3 is 0 Å². The third-order valence-electron chi connectivity index (χ3n) is 2.64. The summed E-state index contributed by atoms with van der Waals surface area (Å²) >= 11 is 5.74. The largest absolute Gasteiger partial charge is 0.386 e. The molecule has 1 aromatic heterocycles. The van der Waals surface area contributed by atoms with Gasteiger partial charge in [-0.15, -0.1) is 0 Å². The molecule has 0 aliphatic carbocycles. The molecule has 0 saturated carbocycles. The average molecular weight is 270 g/mol. The van der Waals surface area contributed by atoms with Crippen LogP contribution in [0.3, 0.4) is 0 Å². The van der Waals surface area contributed by atoms with Crippen molar-refractivity contribution in [3.05, 3.63) is 51.1 Å². The van der Waals surface area contributed by atoms with E-state index in [0.29, 0.717) is 10.9 Å². The van der Waals surface area contributed by atoms with Crippen LogP contribution in [-0.4, -0.2) is 17.0 Å². The van der Waals surface area contributed by atoms with Crippen LogP contribution in [0.5, 0.6) is 0 Å². The molecule has 5 nitrogen and oxygen atoms in total. The Kier molecular flexibility index (Phi) is 5.58. The van der Waals surface area contributed by atoms with Crippen LogP contribution < -0.4 is 5.32 Å². The van der Waals surface area contributed by atoms with E-state index in [1.54, 1.807) is 19.3 Å². The molecule has 1 atom stereocenters. The lowest BCUT2D eigenvalue weighted by atomic mass is 9.93. The Bertz CT molecular complexity index is 431. The first kappa shape index (κ1) is 14.4. The molecule has 1 heterocycles. The van der Waals surface area contributed by atoms with Crippen LogP contribution in [0, 0.1) is 10.1 Å². The molecule has 0 bridgehead atoms. The van der Waals surface area contributed by atoms with Crippen molar-refractivity contribution >= 4 is 11.6 Å². The van der Waals surface area contributed by atoms with E-state index in [1.165, 1.54) is 0 Å². The van der Waals surface area contributed by atoms with Crippen LogP contribution in [-0.2, 0) is 0 Å². The van der Waals surface area contributed by atoms with Gasteiger partial charge in [0.1, 0.15) is 5.15 Å². The molecule has 6 heteroatoms. The molecule has 0 aliphatic heterocycles. The lowest BCUT2D eigenvalue weighted by Crippen LogP contribution is -2.16. The van der Waals surface area contributed by atoms with Gasteiger partial charge in [0.05, 0.1) is 10.6 Å². The number of nitrogens with one attached hydrogen (secondary N) is 1. The summed E-state index contributed by atoms with van der Waals surface area (Å²) < 4.78 is 0. The van der Waals surface area contributed by atoms with Gasteiger partial charge in [-0.2, -0.15) is 0 Å². The van der Waals surface area contributed by atoms with Crippen LogP contribution in [0.15, 0.2) is 30.2 Å². The third kappa shape index (κ3) is 4.00. The van der Waals surface area contributed by atoms with Crippen LogP contribution in [0.1, 0.15) is 31.2 Å². The van der Waals surface area contributed by atoms with Crippen molar-refractivity contribution in [3.8, 4) is 0 Å². The second-order valence-electron chi connectivity index (χ2n) is 3.88. The molecule has 98 valence electrons. The maximum Gasteiger partial charge on any atom is 0.253 e. The molecule has 1 aromatic rings. The molecule has 0 saturated heterocycles. The number of nitrogens with zero attached hydrogens (tertiary/aromatic N) is 2. The van der Waals surface area contributed by atoms with Crippen molar-refractivity contribution in [3.63, 3.8) is 0 Å². The van der Waals surface area contributed by atoms with E-state index in [0.717, 1.165) is 24.6 Å². The number of allylic oxidation sites excluding steroid dienone is 1. The van der Waals surface area contributed by atoms with Gasteiger partial charge in [0.25, 0.3) is 6.20 Å². The monoisotopic (exact) mass is 269 g/mol. The zero-order chi connectivity index (χ0) is 13.5. The summed E-state index contributed by atoms with van der Waals surface area (Å²) in [7, 11) is 1.68. The summed E-state index contributed by atoms with van der Waals surface area (Å²) in [5.74, 6) is -0.0600. The zero-order valence-electron chi connectivity index (χ0n) is 10.4. The van der Waals surface area contributed by atoms with E-state index in [9.17, 15) is 10.1 Å². The van der Waals surface area contributed by atoms with Gasteiger partial charge in [-0.05, 0) is 18.1 Å². The summed E-state index contributed by atoms with van der Waals surface area (Å²) in [5.41, 5.74) is 1.50. The molecule has 0 spiro atoms. The van der Waals surface area contributed by atoms with Gasteiger partial charge < -0.3 is 5.32 Å². The van der Waals surface area contributed by atoms with Crippen molar-refractivity contribution in [1.82, 2.24) is 10.3 Å². The van der Waals surface area contributed by atoms with Gasteiger partial charge in [0, 0.05) is 19.2 Å². The van der Waals surface area contributed by atoms with Crippen LogP contribution in [0.2, 0.25) is 5.15 Å². The Hall–Kier alpha value is -1.62. The summed E-state index contributed by atoms with van der Waals surface area (Å²) in [5, 5.41) is 13.9. The quantitative estimate of drug-likeness (QED) is 0.490. The zero-order valence-corrected chi connectivity index (χ0v) is 11.1. The second-order valence-corrected chi connectivity index (χ2v) is 4.26. The highest BCUT2D eigenvalue weighted by atomic mass is 35.5. The Morgan fingerprint density at radius 3 is 2.83 bits per heavy atom. The molecule has 18 heavy (non-hydrogen) atoms. The summed E-state index contributed by atoms with van der Waals surface area (Å²) in [6, 6.07) is 3.54. The van der Waals surface area contributed by atoms with Crippen LogP contribution >= 0.6 is 11.6 Å². The second kappa shape index (κ2) is 6.96. The minimum absolute atomic E-state index is 0.0600. The van der Waals surface area contributed by atoms with Crippen molar-refractivity contribution in [1.29, 1.82) is 0 Å². The summed E-state index contributed by atoms with van der Waals surface area (Å²) in [6.45, 7) is 2.04. The Morgan fingerprint density at radius 2 is 2.39 bits per heavy atom. The molecule has 0 radical (unpaired) electrons. The number of pyridine rings is 1. The van der Waals surface area contributed by atoms with Gasteiger partial charge in [-0.1, -0.05) is 31.0 Å². The number of nitro groups is 1. The lowest BCUT2D eigenvalue weighted by molar-refractivity contribution is -0.404. The first-order valence-corrected chi connectivity index (χ1v) is 6.10. The first-order valence-electron chi connectivity index (χ1n) is 5.72. The molecular formula is C12H16ClN3O2. The predicted molar refractivity (Wildman–Crippen MR) is 71.0 cm³/mol. The lowest BCUT2D eigenvalue weighted by Gasteiger charge is -2.18. The predicted octanol–water partition coefficient (Wildman–Crippen LogP) is 2.96. The van der Waals surface area contributed by atoms with E-state index in [4.69, 9.17) is 11.6 Å². The fourth-order valence-corrected chi connectivity index (χ4v) is 1.94. The summed E-state index contributed by atoms with van der Waals surface area (Å²) in [6.07, 6.45) is 4.40. The average Bonchev–Trinajstić information content (AvgIpc) is 2.34. The normalized spacial score (nSPS) is 13.2. The first-order chi connectivity index (χ1) is 8.58. The molecule has 0 aromatic carbocycles. The number of aromatic nitrogens is 1. The highest BCUT2D eigenvalue weighted by molar-refractivity contribution is 6.29. The van der Waals surface area contributed by atoms with Crippen molar-refractivity contribution in [2.75, 3.05) is 7.05 Å². The number of halogens is 1. The van der Waals surface area contributed by atoms with Gasteiger partial charge in [0.15, 0.2) is 0 Å². The Labute approximate surface area is 111 Å². The van der Waals surface area contributed by atoms with Crippen molar-refractivity contribution in [2.24, 2.45) is 0 Å². The number of rotatable bonds is 6. The smallest absolute Gasteiger partial charge is 0.253 e. The third-order valence-corrected chi connectivity index (χ3v) is 2.86. The summed E-state index contributed by atoms with van der Waals surface area (Å²) in [4.78, 5) is 14.2. The van der Waals surface area contributed by atoms with E-state index in [2.05, 4.69) is 10.3 Å². The molecule has 0 amide bonds. The van der Waals surface area contributed by atoms with Gasteiger partial charge in [-0.3, -0.25) is 10.1 Å². The minimum atomic E-state index is -0.447. The van der Waals surface area contributed by atoms with Gasteiger partial charge in [0.2, 0.25) is 0 Å². The number of hydrogen-bond donors (Lipinski definition) is 1. The van der Waals surface area contributed by atoms with E-state index < -0.39 is 4.92 Å².